The number of ether oxygens (including phenoxy) is 3. The lowest BCUT2D eigenvalue weighted by Crippen LogP contribution is -2.57. The van der Waals surface area contributed by atoms with Gasteiger partial charge in [-0.25, -0.2) is 9.59 Å². The van der Waals surface area contributed by atoms with E-state index in [1.165, 1.54) is 0 Å². The van der Waals surface area contributed by atoms with Crippen molar-refractivity contribution in [1.82, 2.24) is 10.6 Å². The van der Waals surface area contributed by atoms with E-state index in [1.54, 1.807) is 20.8 Å². The SMILES string of the molecule is CC(C)(C)OC(=O)N[C@H]1CCOC[C@@H]1NC(=O)OCc1ccccc1. The van der Waals surface area contributed by atoms with E-state index < -0.39 is 17.8 Å². The molecule has 7 heteroatoms. The summed E-state index contributed by atoms with van der Waals surface area (Å²) in [5.41, 5.74) is 0.327. The molecule has 1 aromatic carbocycles. The number of alkyl carbamates (subject to hydrolysis) is 2. The molecule has 7 nitrogen and oxygen atoms in total. The average molecular weight is 350 g/mol. The van der Waals surface area contributed by atoms with Crippen LogP contribution in [0.5, 0.6) is 0 Å². The highest BCUT2D eigenvalue weighted by molar-refractivity contribution is 5.69. The van der Waals surface area contributed by atoms with Crippen LogP contribution in [0.4, 0.5) is 9.59 Å². The van der Waals surface area contributed by atoms with Crippen LogP contribution in [0.3, 0.4) is 0 Å². The Hall–Kier alpha value is -2.28. The summed E-state index contributed by atoms with van der Waals surface area (Å²) in [6.45, 7) is 6.40. The highest BCUT2D eigenvalue weighted by Gasteiger charge is 2.30. The molecule has 1 heterocycles. The average Bonchev–Trinajstić information content (AvgIpc) is 2.54. The fourth-order valence-corrected chi connectivity index (χ4v) is 2.43. The maximum absolute atomic E-state index is 12.0. The summed E-state index contributed by atoms with van der Waals surface area (Å²) >= 11 is 0. The summed E-state index contributed by atoms with van der Waals surface area (Å²) in [5, 5.41) is 5.54. The van der Waals surface area contributed by atoms with Crippen molar-refractivity contribution in [3.8, 4) is 0 Å². The van der Waals surface area contributed by atoms with Crippen molar-refractivity contribution in [3.63, 3.8) is 0 Å². The van der Waals surface area contributed by atoms with Crippen LogP contribution < -0.4 is 10.6 Å². The van der Waals surface area contributed by atoms with E-state index in [-0.39, 0.29) is 18.7 Å². The molecule has 2 N–H and O–H groups in total. The molecule has 0 radical (unpaired) electrons. The Morgan fingerprint density at radius 3 is 2.48 bits per heavy atom. The molecule has 1 aliphatic heterocycles. The molecule has 1 aromatic rings. The van der Waals surface area contributed by atoms with Crippen molar-refractivity contribution in [2.45, 2.75) is 51.5 Å². The van der Waals surface area contributed by atoms with Gasteiger partial charge in [0.25, 0.3) is 0 Å². The number of amides is 2. The number of rotatable bonds is 4. The molecule has 1 aliphatic rings. The zero-order valence-corrected chi connectivity index (χ0v) is 14.9. The van der Waals surface area contributed by atoms with Crippen LogP contribution in [0.15, 0.2) is 30.3 Å². The van der Waals surface area contributed by atoms with Gasteiger partial charge in [-0.05, 0) is 32.8 Å². The summed E-state index contributed by atoms with van der Waals surface area (Å²) in [5.74, 6) is 0. The molecule has 138 valence electrons. The first-order valence-corrected chi connectivity index (χ1v) is 8.38. The van der Waals surface area contributed by atoms with Crippen LogP contribution in [0.25, 0.3) is 0 Å². The largest absolute Gasteiger partial charge is 0.445 e. The molecule has 2 atom stereocenters. The fraction of sp³-hybridized carbons (Fsp3) is 0.556. The van der Waals surface area contributed by atoms with E-state index in [0.717, 1.165) is 5.56 Å². The Labute approximate surface area is 148 Å². The number of hydrogen-bond donors (Lipinski definition) is 2. The molecule has 0 spiro atoms. The summed E-state index contributed by atoms with van der Waals surface area (Å²) in [7, 11) is 0. The minimum atomic E-state index is -0.577. The maximum atomic E-state index is 12.0. The smallest absolute Gasteiger partial charge is 0.407 e. The molecule has 0 saturated carbocycles. The van der Waals surface area contributed by atoms with Gasteiger partial charge in [0.05, 0.1) is 18.7 Å². The van der Waals surface area contributed by atoms with E-state index in [9.17, 15) is 9.59 Å². The second-order valence-electron chi connectivity index (χ2n) is 6.93. The maximum Gasteiger partial charge on any atom is 0.407 e. The first-order chi connectivity index (χ1) is 11.8. The molecule has 0 aromatic heterocycles. The van der Waals surface area contributed by atoms with Gasteiger partial charge in [0.2, 0.25) is 0 Å². The lowest BCUT2D eigenvalue weighted by Gasteiger charge is -2.33. The van der Waals surface area contributed by atoms with Crippen molar-refractivity contribution in [3.05, 3.63) is 35.9 Å². The van der Waals surface area contributed by atoms with Gasteiger partial charge in [-0.3, -0.25) is 0 Å². The quantitative estimate of drug-likeness (QED) is 0.872. The van der Waals surface area contributed by atoms with E-state index >= 15 is 0 Å². The van der Waals surface area contributed by atoms with E-state index in [4.69, 9.17) is 14.2 Å². The van der Waals surface area contributed by atoms with Gasteiger partial charge in [0.15, 0.2) is 0 Å². The normalized spacial score (nSPS) is 20.4. The second kappa shape index (κ2) is 8.71. The monoisotopic (exact) mass is 350 g/mol. The van der Waals surface area contributed by atoms with Crippen LogP contribution in [-0.2, 0) is 20.8 Å². The van der Waals surface area contributed by atoms with Gasteiger partial charge < -0.3 is 24.8 Å². The predicted octanol–water partition coefficient (Wildman–Crippen LogP) is 2.60. The number of hydrogen-bond acceptors (Lipinski definition) is 5. The lowest BCUT2D eigenvalue weighted by atomic mass is 10.0. The zero-order valence-electron chi connectivity index (χ0n) is 14.9. The Morgan fingerprint density at radius 2 is 1.80 bits per heavy atom. The minimum Gasteiger partial charge on any atom is -0.445 e. The van der Waals surface area contributed by atoms with Crippen LogP contribution in [-0.4, -0.2) is 43.1 Å². The highest BCUT2D eigenvalue weighted by atomic mass is 16.6. The lowest BCUT2D eigenvalue weighted by molar-refractivity contribution is 0.0269. The van der Waals surface area contributed by atoms with Crippen molar-refractivity contribution in [1.29, 1.82) is 0 Å². The third kappa shape index (κ3) is 7.01. The number of nitrogens with one attached hydrogen (secondary N) is 2. The van der Waals surface area contributed by atoms with Gasteiger partial charge >= 0.3 is 12.2 Å². The molecule has 0 unspecified atom stereocenters. The van der Waals surface area contributed by atoms with E-state index in [2.05, 4.69) is 10.6 Å². The third-order valence-electron chi connectivity index (χ3n) is 3.57. The molecule has 0 aliphatic carbocycles. The molecular weight excluding hydrogens is 324 g/mol. The number of carbonyl (C=O) groups is 2. The molecule has 25 heavy (non-hydrogen) atoms. The van der Waals surface area contributed by atoms with Crippen molar-refractivity contribution in [2.24, 2.45) is 0 Å². The molecule has 1 saturated heterocycles. The molecular formula is C18H26N2O5. The van der Waals surface area contributed by atoms with Gasteiger partial charge in [-0.2, -0.15) is 0 Å². The first-order valence-electron chi connectivity index (χ1n) is 8.38. The zero-order chi connectivity index (χ0) is 18.3. The first kappa shape index (κ1) is 19.1. The van der Waals surface area contributed by atoms with Crippen LogP contribution in [0.2, 0.25) is 0 Å². The standard InChI is InChI=1S/C18H26N2O5/c1-18(2,3)25-17(22)19-14-9-10-23-12-15(14)20-16(21)24-11-13-7-5-4-6-8-13/h4-8,14-15H,9-12H2,1-3H3,(H,19,22)(H,20,21)/t14-,15-/m0/s1. The van der Waals surface area contributed by atoms with Crippen LogP contribution >= 0.6 is 0 Å². The number of carbonyl (C=O) groups excluding carboxylic acids is 2. The van der Waals surface area contributed by atoms with Gasteiger partial charge in [0.1, 0.15) is 12.2 Å². The molecule has 1 fully saturated rings. The molecule has 2 rings (SSSR count). The Kier molecular flexibility index (Phi) is 6.64. The Bertz CT molecular complexity index is 571. The van der Waals surface area contributed by atoms with Crippen molar-refractivity contribution < 1.29 is 23.8 Å². The fourth-order valence-electron chi connectivity index (χ4n) is 2.43. The summed E-state index contributed by atoms with van der Waals surface area (Å²) in [6.07, 6.45) is -0.470. The topological polar surface area (TPSA) is 85.9 Å². The predicted molar refractivity (Wildman–Crippen MR) is 92.1 cm³/mol. The summed E-state index contributed by atoms with van der Waals surface area (Å²) in [4.78, 5) is 24.0. The second-order valence-corrected chi connectivity index (χ2v) is 6.93. The summed E-state index contributed by atoms with van der Waals surface area (Å²) in [6, 6.07) is 8.78. The Balaban J connectivity index is 1.83. The van der Waals surface area contributed by atoms with Crippen LogP contribution in [0, 0.1) is 0 Å². The van der Waals surface area contributed by atoms with Gasteiger partial charge in [-0.1, -0.05) is 30.3 Å². The summed E-state index contributed by atoms with van der Waals surface area (Å²) < 4.78 is 15.9. The highest BCUT2D eigenvalue weighted by Crippen LogP contribution is 2.12. The van der Waals surface area contributed by atoms with Crippen molar-refractivity contribution in [2.75, 3.05) is 13.2 Å². The van der Waals surface area contributed by atoms with Gasteiger partial charge in [0, 0.05) is 6.61 Å². The third-order valence-corrected chi connectivity index (χ3v) is 3.57. The van der Waals surface area contributed by atoms with E-state index in [1.807, 2.05) is 30.3 Å². The minimum absolute atomic E-state index is 0.185. The van der Waals surface area contributed by atoms with Gasteiger partial charge in [-0.15, -0.1) is 0 Å². The number of benzene rings is 1. The van der Waals surface area contributed by atoms with E-state index in [0.29, 0.717) is 19.6 Å². The molecule has 2 amide bonds. The molecule has 0 bridgehead atoms. The Morgan fingerprint density at radius 1 is 1.12 bits per heavy atom. The van der Waals surface area contributed by atoms with Crippen molar-refractivity contribution >= 4 is 12.2 Å². The van der Waals surface area contributed by atoms with Crippen LogP contribution in [0.1, 0.15) is 32.8 Å².